The van der Waals surface area contributed by atoms with Gasteiger partial charge in [-0.3, -0.25) is 4.79 Å². The summed E-state index contributed by atoms with van der Waals surface area (Å²) in [6.07, 6.45) is -3.08. The van der Waals surface area contributed by atoms with E-state index in [0.717, 1.165) is 7.11 Å². The van der Waals surface area contributed by atoms with Crippen LogP contribution in [-0.2, 0) is 9.53 Å². The Bertz CT molecular complexity index is 782. The second-order valence-corrected chi connectivity index (χ2v) is 6.77. The van der Waals surface area contributed by atoms with Crippen molar-refractivity contribution in [2.75, 3.05) is 7.11 Å². The number of benzene rings is 2. The topological polar surface area (TPSA) is 26.3 Å². The van der Waals surface area contributed by atoms with E-state index in [1.807, 2.05) is 13.0 Å². The smallest absolute Gasteiger partial charge is 0.399 e. The summed E-state index contributed by atoms with van der Waals surface area (Å²) in [7, 11) is 1.12. The van der Waals surface area contributed by atoms with Gasteiger partial charge in [0.05, 0.1) is 13.5 Å². The predicted octanol–water partition coefficient (Wildman–Crippen LogP) is 6.53. The van der Waals surface area contributed by atoms with E-state index in [2.05, 4.69) is 4.74 Å². The van der Waals surface area contributed by atoms with Crippen LogP contribution in [0.4, 0.5) is 13.2 Å². The minimum absolute atomic E-state index is 0.0886. The Morgan fingerprint density at radius 3 is 2.07 bits per heavy atom. The molecule has 150 valence electrons. The van der Waals surface area contributed by atoms with Crippen LogP contribution in [0.5, 0.6) is 0 Å². The van der Waals surface area contributed by atoms with Crippen LogP contribution >= 0.6 is 0 Å². The fraction of sp³-hybridized carbons (Fsp3) is 0.348. The number of ether oxygens (including phenoxy) is 1. The van der Waals surface area contributed by atoms with E-state index in [1.165, 1.54) is 0 Å². The highest BCUT2D eigenvalue weighted by Crippen LogP contribution is 2.54. The molecule has 0 saturated carbocycles. The van der Waals surface area contributed by atoms with Gasteiger partial charge in [0.15, 0.2) is 0 Å². The maximum atomic E-state index is 14.6. The van der Waals surface area contributed by atoms with Crippen molar-refractivity contribution in [2.24, 2.45) is 5.41 Å². The third kappa shape index (κ3) is 5.03. The Morgan fingerprint density at radius 1 is 1.00 bits per heavy atom. The normalized spacial score (nSPS) is 14.4. The molecule has 0 aliphatic heterocycles. The highest BCUT2D eigenvalue weighted by Gasteiger charge is 2.57. The van der Waals surface area contributed by atoms with Crippen molar-refractivity contribution >= 4 is 17.6 Å². The number of rotatable bonds is 8. The number of halogens is 3. The molecule has 28 heavy (non-hydrogen) atoms. The van der Waals surface area contributed by atoms with E-state index in [0.29, 0.717) is 24.0 Å². The van der Waals surface area contributed by atoms with Crippen LogP contribution in [0, 0.1) is 5.41 Å². The summed E-state index contributed by atoms with van der Waals surface area (Å²) in [6.45, 7) is 1.84. The summed E-state index contributed by atoms with van der Waals surface area (Å²) in [5.41, 5.74) is -1.14. The van der Waals surface area contributed by atoms with Crippen LogP contribution < -0.4 is 0 Å². The first kappa shape index (κ1) is 21.7. The first-order chi connectivity index (χ1) is 13.3. The van der Waals surface area contributed by atoms with Crippen LogP contribution in [-0.4, -0.2) is 19.3 Å². The van der Waals surface area contributed by atoms with Gasteiger partial charge >= 0.3 is 12.1 Å². The van der Waals surface area contributed by atoms with Crippen molar-refractivity contribution < 1.29 is 22.7 Å². The number of hydrogen-bond donors (Lipinski definition) is 0. The Kier molecular flexibility index (Phi) is 7.44. The second kappa shape index (κ2) is 9.58. The first-order valence-electron chi connectivity index (χ1n) is 9.30. The molecule has 0 aromatic heterocycles. The molecule has 2 nitrogen and oxygen atoms in total. The van der Waals surface area contributed by atoms with Crippen molar-refractivity contribution in [1.82, 2.24) is 0 Å². The maximum Gasteiger partial charge on any atom is 0.399 e. The van der Waals surface area contributed by atoms with Crippen molar-refractivity contribution in [3.63, 3.8) is 0 Å². The van der Waals surface area contributed by atoms with E-state index in [4.69, 9.17) is 0 Å². The average molecular weight is 390 g/mol. The van der Waals surface area contributed by atoms with Gasteiger partial charge in [0, 0.05) is 0 Å². The van der Waals surface area contributed by atoms with Crippen molar-refractivity contribution in [3.05, 3.63) is 71.8 Å². The summed E-state index contributed by atoms with van der Waals surface area (Å²) in [6, 6.07) is 17.3. The summed E-state index contributed by atoms with van der Waals surface area (Å²) < 4.78 is 48.4. The molecule has 0 radical (unpaired) electrons. The number of carbonyl (C=O) groups is 1. The fourth-order valence-electron chi connectivity index (χ4n) is 3.34. The Morgan fingerprint density at radius 2 is 1.57 bits per heavy atom. The van der Waals surface area contributed by atoms with Crippen molar-refractivity contribution in [2.45, 2.75) is 38.8 Å². The van der Waals surface area contributed by atoms with Gasteiger partial charge in [-0.2, -0.15) is 13.2 Å². The number of alkyl halides is 3. The summed E-state index contributed by atoms with van der Waals surface area (Å²) >= 11 is 0. The van der Waals surface area contributed by atoms with E-state index in [1.54, 1.807) is 60.7 Å². The van der Waals surface area contributed by atoms with Crippen LogP contribution in [0.3, 0.4) is 0 Å². The molecule has 0 N–H and O–H groups in total. The number of methoxy groups -OCH3 is 1. The van der Waals surface area contributed by atoms with Gasteiger partial charge in [-0.15, -0.1) is 0 Å². The van der Waals surface area contributed by atoms with E-state index < -0.39 is 24.0 Å². The molecule has 2 aromatic carbocycles. The molecule has 0 aliphatic rings. The molecule has 2 aromatic rings. The Balaban J connectivity index is 2.76. The van der Waals surface area contributed by atoms with Gasteiger partial charge in [0.1, 0.15) is 5.41 Å². The Hall–Kier alpha value is -2.56. The fourth-order valence-corrected chi connectivity index (χ4v) is 3.34. The first-order valence-corrected chi connectivity index (χ1v) is 9.30. The quantitative estimate of drug-likeness (QED) is 0.378. The summed E-state index contributed by atoms with van der Waals surface area (Å²) in [4.78, 5) is 12.1. The lowest BCUT2D eigenvalue weighted by atomic mass is 9.69. The van der Waals surface area contributed by atoms with Gasteiger partial charge in [-0.1, -0.05) is 86.5 Å². The Labute approximate surface area is 164 Å². The summed E-state index contributed by atoms with van der Waals surface area (Å²) in [5, 5.41) is 0. The standard InChI is InChI=1S/C23H25F3O2/c1-3-4-15-22(23(24,25)26,17-21(27)28-2)20(19-13-9-6-10-14-19)16-18-11-7-5-8-12-18/h5-14,16H,3-4,15,17H2,1-2H3/b20-16+. The molecule has 0 spiro atoms. The van der Waals surface area contributed by atoms with Crippen LogP contribution in [0.25, 0.3) is 11.6 Å². The highest BCUT2D eigenvalue weighted by atomic mass is 19.4. The number of hydrogen-bond acceptors (Lipinski definition) is 2. The molecule has 0 aliphatic carbocycles. The molecule has 0 bridgehead atoms. The third-order valence-electron chi connectivity index (χ3n) is 4.88. The van der Waals surface area contributed by atoms with Crippen molar-refractivity contribution in [3.8, 4) is 0 Å². The number of carbonyl (C=O) groups excluding carboxylic acids is 1. The summed E-state index contributed by atoms with van der Waals surface area (Å²) in [5.74, 6) is -0.872. The van der Waals surface area contributed by atoms with Crippen LogP contribution in [0.1, 0.15) is 43.7 Å². The van der Waals surface area contributed by atoms with Gasteiger partial charge in [-0.05, 0) is 23.1 Å². The van der Waals surface area contributed by atoms with Gasteiger partial charge in [0.25, 0.3) is 0 Å². The molecule has 0 amide bonds. The largest absolute Gasteiger partial charge is 0.469 e. The minimum Gasteiger partial charge on any atom is -0.469 e. The van der Waals surface area contributed by atoms with E-state index in [-0.39, 0.29) is 12.0 Å². The molecular weight excluding hydrogens is 365 g/mol. The SMILES string of the molecule is CCCCC(CC(=O)OC)(/C(=C/c1ccccc1)c1ccccc1)C(F)(F)F. The molecule has 0 heterocycles. The predicted molar refractivity (Wildman–Crippen MR) is 105 cm³/mol. The molecule has 1 unspecified atom stereocenters. The lowest BCUT2D eigenvalue weighted by molar-refractivity contribution is -0.210. The van der Waals surface area contributed by atoms with Crippen LogP contribution in [0.2, 0.25) is 0 Å². The average Bonchev–Trinajstić information content (AvgIpc) is 2.70. The highest BCUT2D eigenvalue weighted by molar-refractivity contribution is 5.88. The lowest BCUT2D eigenvalue weighted by Gasteiger charge is -2.38. The maximum absolute atomic E-state index is 14.6. The zero-order valence-electron chi connectivity index (χ0n) is 16.1. The molecule has 0 saturated heterocycles. The molecule has 0 fully saturated rings. The third-order valence-corrected chi connectivity index (χ3v) is 4.88. The number of allylic oxidation sites excluding steroid dienone is 1. The molecular formula is C23H25F3O2. The van der Waals surface area contributed by atoms with E-state index in [9.17, 15) is 18.0 Å². The van der Waals surface area contributed by atoms with Gasteiger partial charge < -0.3 is 4.74 Å². The molecule has 5 heteroatoms. The number of esters is 1. The lowest BCUT2D eigenvalue weighted by Crippen LogP contribution is -2.41. The molecule has 1 atom stereocenters. The van der Waals surface area contributed by atoms with Gasteiger partial charge in [-0.25, -0.2) is 0 Å². The van der Waals surface area contributed by atoms with Gasteiger partial charge in [0.2, 0.25) is 0 Å². The monoisotopic (exact) mass is 390 g/mol. The van der Waals surface area contributed by atoms with E-state index >= 15 is 0 Å². The second-order valence-electron chi connectivity index (χ2n) is 6.77. The zero-order valence-corrected chi connectivity index (χ0v) is 16.1. The minimum atomic E-state index is -4.62. The van der Waals surface area contributed by atoms with Crippen molar-refractivity contribution in [1.29, 1.82) is 0 Å². The number of unbranched alkanes of at least 4 members (excludes halogenated alkanes) is 1. The zero-order chi connectivity index (χ0) is 20.6. The van der Waals surface area contributed by atoms with Crippen LogP contribution in [0.15, 0.2) is 60.7 Å². The molecule has 2 rings (SSSR count).